The Morgan fingerprint density at radius 2 is 1.92 bits per heavy atom. The SMILES string of the molecule is CC(OCCOc1ccc2nc3cc(N)ccc3c(N)c2c1)C(=O)O. The topological polar surface area (TPSA) is 121 Å². The molecule has 3 aromatic rings. The molecule has 1 atom stereocenters. The molecule has 25 heavy (non-hydrogen) atoms. The number of carboxylic acids is 1. The van der Waals surface area contributed by atoms with Gasteiger partial charge in [0.05, 0.1) is 23.3 Å². The Bertz CT molecular complexity index is 942. The van der Waals surface area contributed by atoms with Gasteiger partial charge in [0.2, 0.25) is 0 Å². The third-order valence-electron chi connectivity index (χ3n) is 3.88. The fourth-order valence-electron chi connectivity index (χ4n) is 2.52. The minimum absolute atomic E-state index is 0.177. The van der Waals surface area contributed by atoms with Crippen molar-refractivity contribution < 1.29 is 19.4 Å². The molecule has 0 bridgehead atoms. The normalized spacial score (nSPS) is 12.4. The van der Waals surface area contributed by atoms with Crippen LogP contribution in [0, 0.1) is 0 Å². The average molecular weight is 341 g/mol. The number of carboxylic acid groups (broad SMARTS) is 1. The number of hydrogen-bond donors (Lipinski definition) is 3. The van der Waals surface area contributed by atoms with E-state index in [9.17, 15) is 4.79 Å². The highest BCUT2D eigenvalue weighted by molar-refractivity contribution is 6.07. The predicted molar refractivity (Wildman–Crippen MR) is 96.6 cm³/mol. The van der Waals surface area contributed by atoms with E-state index in [4.69, 9.17) is 26.0 Å². The maximum absolute atomic E-state index is 10.7. The van der Waals surface area contributed by atoms with E-state index >= 15 is 0 Å². The third kappa shape index (κ3) is 3.56. The highest BCUT2D eigenvalue weighted by Gasteiger charge is 2.11. The van der Waals surface area contributed by atoms with E-state index in [1.807, 2.05) is 18.2 Å². The van der Waals surface area contributed by atoms with Crippen molar-refractivity contribution >= 4 is 39.1 Å². The van der Waals surface area contributed by atoms with Gasteiger partial charge in [0, 0.05) is 16.5 Å². The number of ether oxygens (including phenoxy) is 2. The van der Waals surface area contributed by atoms with E-state index < -0.39 is 12.1 Å². The number of nitrogen functional groups attached to an aromatic ring is 2. The number of hydrogen-bond acceptors (Lipinski definition) is 6. The van der Waals surface area contributed by atoms with E-state index in [1.54, 1.807) is 18.2 Å². The fraction of sp³-hybridized carbons (Fsp3) is 0.222. The first-order valence-corrected chi connectivity index (χ1v) is 7.81. The van der Waals surface area contributed by atoms with E-state index in [1.165, 1.54) is 6.92 Å². The highest BCUT2D eigenvalue weighted by atomic mass is 16.5. The summed E-state index contributed by atoms with van der Waals surface area (Å²) in [6.07, 6.45) is -0.862. The summed E-state index contributed by atoms with van der Waals surface area (Å²) in [4.78, 5) is 15.3. The standard InChI is InChI=1S/C18H19N3O4/c1-10(18(22)23)24-6-7-25-12-3-5-15-14(9-12)17(20)13-4-2-11(19)8-16(13)21-15/h2-5,8-10H,6-7,19H2,1H3,(H2,20,21)(H,22,23). The van der Waals surface area contributed by atoms with E-state index in [0.29, 0.717) is 17.1 Å². The maximum atomic E-state index is 10.7. The van der Waals surface area contributed by atoms with Crippen LogP contribution >= 0.6 is 0 Å². The van der Waals surface area contributed by atoms with Crippen LogP contribution in [0.5, 0.6) is 5.75 Å². The van der Waals surface area contributed by atoms with E-state index in [-0.39, 0.29) is 13.2 Å². The molecule has 0 aliphatic heterocycles. The molecule has 2 aromatic carbocycles. The number of pyridine rings is 1. The largest absolute Gasteiger partial charge is 0.491 e. The summed E-state index contributed by atoms with van der Waals surface area (Å²) < 4.78 is 10.7. The lowest BCUT2D eigenvalue weighted by atomic mass is 10.1. The molecule has 0 fully saturated rings. The number of nitrogens with zero attached hydrogens (tertiary/aromatic N) is 1. The number of nitrogens with two attached hydrogens (primary N) is 2. The van der Waals surface area contributed by atoms with Crippen LogP contribution in [-0.2, 0) is 9.53 Å². The summed E-state index contributed by atoms with van der Waals surface area (Å²) in [5, 5.41) is 10.4. The minimum atomic E-state index is -1.00. The van der Waals surface area contributed by atoms with Gasteiger partial charge in [0.1, 0.15) is 12.4 Å². The summed E-state index contributed by atoms with van der Waals surface area (Å²) in [6.45, 7) is 1.89. The van der Waals surface area contributed by atoms with Crippen LogP contribution in [0.15, 0.2) is 36.4 Å². The van der Waals surface area contributed by atoms with Gasteiger partial charge in [0.25, 0.3) is 0 Å². The molecule has 0 radical (unpaired) electrons. The third-order valence-corrected chi connectivity index (χ3v) is 3.88. The smallest absolute Gasteiger partial charge is 0.332 e. The Balaban J connectivity index is 1.80. The zero-order valence-electron chi connectivity index (χ0n) is 13.7. The van der Waals surface area contributed by atoms with Crippen molar-refractivity contribution in [2.75, 3.05) is 24.7 Å². The van der Waals surface area contributed by atoms with Crippen LogP contribution in [0.2, 0.25) is 0 Å². The van der Waals surface area contributed by atoms with Crippen LogP contribution in [0.4, 0.5) is 11.4 Å². The van der Waals surface area contributed by atoms with Gasteiger partial charge in [-0.1, -0.05) is 0 Å². The average Bonchev–Trinajstić information content (AvgIpc) is 2.58. The monoisotopic (exact) mass is 341 g/mol. The number of aromatic nitrogens is 1. The summed E-state index contributed by atoms with van der Waals surface area (Å²) >= 11 is 0. The van der Waals surface area contributed by atoms with Crippen molar-refractivity contribution in [3.63, 3.8) is 0 Å². The second-order valence-corrected chi connectivity index (χ2v) is 5.68. The number of carbonyl (C=O) groups is 1. The van der Waals surface area contributed by atoms with Crippen molar-refractivity contribution in [3.05, 3.63) is 36.4 Å². The fourth-order valence-corrected chi connectivity index (χ4v) is 2.52. The van der Waals surface area contributed by atoms with Crippen molar-refractivity contribution in [1.82, 2.24) is 4.98 Å². The predicted octanol–water partition coefficient (Wildman–Crippen LogP) is 2.42. The van der Waals surface area contributed by atoms with Crippen molar-refractivity contribution in [2.45, 2.75) is 13.0 Å². The van der Waals surface area contributed by atoms with Crippen LogP contribution in [-0.4, -0.2) is 35.4 Å². The lowest BCUT2D eigenvalue weighted by Crippen LogP contribution is -2.22. The summed E-state index contributed by atoms with van der Waals surface area (Å²) in [7, 11) is 0. The first kappa shape index (κ1) is 16.8. The summed E-state index contributed by atoms with van der Waals surface area (Å²) in [5.74, 6) is -0.389. The molecule has 5 N–H and O–H groups in total. The first-order valence-electron chi connectivity index (χ1n) is 7.81. The van der Waals surface area contributed by atoms with Gasteiger partial charge in [-0.05, 0) is 43.3 Å². The zero-order valence-corrected chi connectivity index (χ0v) is 13.7. The van der Waals surface area contributed by atoms with Crippen molar-refractivity contribution in [2.24, 2.45) is 0 Å². The molecule has 0 spiro atoms. The van der Waals surface area contributed by atoms with Crippen LogP contribution in [0.25, 0.3) is 21.8 Å². The Morgan fingerprint density at radius 1 is 1.12 bits per heavy atom. The summed E-state index contributed by atoms with van der Waals surface area (Å²) in [6, 6.07) is 10.8. The molecule has 7 heteroatoms. The van der Waals surface area contributed by atoms with E-state index in [2.05, 4.69) is 4.98 Å². The number of benzene rings is 2. The molecule has 130 valence electrons. The van der Waals surface area contributed by atoms with Crippen LogP contribution in [0.3, 0.4) is 0 Å². The van der Waals surface area contributed by atoms with Gasteiger partial charge in [-0.2, -0.15) is 0 Å². The second kappa shape index (κ2) is 6.82. The van der Waals surface area contributed by atoms with Crippen LogP contribution in [0.1, 0.15) is 6.92 Å². The maximum Gasteiger partial charge on any atom is 0.332 e. The molecular weight excluding hydrogens is 322 g/mol. The minimum Gasteiger partial charge on any atom is -0.491 e. The molecule has 0 saturated heterocycles. The molecule has 0 amide bonds. The van der Waals surface area contributed by atoms with Gasteiger partial charge in [-0.15, -0.1) is 0 Å². The van der Waals surface area contributed by atoms with Gasteiger partial charge in [-0.25, -0.2) is 9.78 Å². The second-order valence-electron chi connectivity index (χ2n) is 5.68. The molecule has 3 rings (SSSR count). The zero-order chi connectivity index (χ0) is 18.0. The molecule has 0 aliphatic rings. The van der Waals surface area contributed by atoms with Gasteiger partial charge in [-0.3, -0.25) is 0 Å². The van der Waals surface area contributed by atoms with Crippen molar-refractivity contribution in [3.8, 4) is 5.75 Å². The quantitative estimate of drug-likeness (QED) is 0.357. The molecule has 1 unspecified atom stereocenters. The lowest BCUT2D eigenvalue weighted by molar-refractivity contribution is -0.149. The van der Waals surface area contributed by atoms with Gasteiger partial charge < -0.3 is 26.0 Å². The number of aliphatic carboxylic acids is 1. The Labute approximate surface area is 144 Å². The Kier molecular flexibility index (Phi) is 4.58. The Hall–Kier alpha value is -3.06. The molecule has 0 aliphatic carbocycles. The van der Waals surface area contributed by atoms with Gasteiger partial charge >= 0.3 is 5.97 Å². The van der Waals surface area contributed by atoms with Crippen molar-refractivity contribution in [1.29, 1.82) is 0 Å². The number of anilines is 2. The summed E-state index contributed by atoms with van der Waals surface area (Å²) in [5.41, 5.74) is 14.8. The lowest BCUT2D eigenvalue weighted by Gasteiger charge is -2.12. The first-order chi connectivity index (χ1) is 12.0. The number of fused-ring (bicyclic) bond motifs is 2. The molecule has 1 heterocycles. The molecule has 7 nitrogen and oxygen atoms in total. The number of rotatable bonds is 6. The molecule has 0 saturated carbocycles. The highest BCUT2D eigenvalue weighted by Crippen LogP contribution is 2.31. The Morgan fingerprint density at radius 3 is 2.68 bits per heavy atom. The molecular formula is C18H19N3O4. The van der Waals surface area contributed by atoms with Crippen LogP contribution < -0.4 is 16.2 Å². The van der Waals surface area contributed by atoms with E-state index in [0.717, 1.165) is 21.8 Å². The van der Waals surface area contributed by atoms with Gasteiger partial charge in [0.15, 0.2) is 6.10 Å². The molecule has 1 aromatic heterocycles.